The number of benzene rings is 1. The number of rotatable bonds is 2. The molecule has 1 atom stereocenters. The highest BCUT2D eigenvalue weighted by Gasteiger charge is 2.45. The molecular formula is C19H21N3O4. The van der Waals surface area contributed by atoms with Gasteiger partial charge in [-0.15, -0.1) is 0 Å². The number of hydrogen-bond acceptors (Lipinski definition) is 5. The quantitative estimate of drug-likeness (QED) is 0.828. The maximum Gasteiger partial charge on any atom is 0.410 e. The van der Waals surface area contributed by atoms with E-state index in [2.05, 4.69) is 5.16 Å². The molecule has 0 saturated carbocycles. The molecule has 0 radical (unpaired) electrons. The van der Waals surface area contributed by atoms with Crippen molar-refractivity contribution in [3.05, 3.63) is 42.2 Å². The second-order valence-electron chi connectivity index (χ2n) is 7.00. The van der Waals surface area contributed by atoms with E-state index in [1.54, 1.807) is 16.8 Å². The lowest BCUT2D eigenvalue weighted by atomic mass is 9.95. The molecule has 3 heterocycles. The number of aromatic nitrogens is 1. The van der Waals surface area contributed by atoms with Gasteiger partial charge in [0.25, 0.3) is 5.91 Å². The molecule has 0 N–H and O–H groups in total. The zero-order valence-corrected chi connectivity index (χ0v) is 14.7. The lowest BCUT2D eigenvalue weighted by Gasteiger charge is -2.25. The SMILES string of the molecule is CN1C[C@@]2(CCCN(C(=O)c3conc3-c3ccccc3)CC2)OC1=O. The predicted octanol–water partition coefficient (Wildman–Crippen LogP) is 2.79. The minimum atomic E-state index is -0.474. The molecule has 2 aliphatic rings. The third kappa shape index (κ3) is 2.94. The van der Waals surface area contributed by atoms with Crippen LogP contribution in [0.4, 0.5) is 4.79 Å². The molecule has 7 heteroatoms. The van der Waals surface area contributed by atoms with Gasteiger partial charge in [0.1, 0.15) is 23.1 Å². The van der Waals surface area contributed by atoms with Crippen molar-refractivity contribution >= 4 is 12.0 Å². The zero-order valence-electron chi connectivity index (χ0n) is 14.7. The van der Waals surface area contributed by atoms with E-state index in [0.717, 1.165) is 18.4 Å². The van der Waals surface area contributed by atoms with Gasteiger partial charge in [-0.2, -0.15) is 0 Å². The van der Waals surface area contributed by atoms with Gasteiger partial charge in [0.05, 0.1) is 6.54 Å². The highest BCUT2D eigenvalue weighted by atomic mass is 16.6. The Morgan fingerprint density at radius 3 is 2.73 bits per heavy atom. The fraction of sp³-hybridized carbons (Fsp3) is 0.421. The lowest BCUT2D eigenvalue weighted by Crippen LogP contribution is -2.36. The molecule has 26 heavy (non-hydrogen) atoms. The molecule has 0 unspecified atom stereocenters. The number of nitrogens with zero attached hydrogens (tertiary/aromatic N) is 3. The molecule has 7 nitrogen and oxygen atoms in total. The van der Waals surface area contributed by atoms with Crippen LogP contribution >= 0.6 is 0 Å². The van der Waals surface area contributed by atoms with Gasteiger partial charge in [-0.25, -0.2) is 4.79 Å². The first-order valence-electron chi connectivity index (χ1n) is 8.81. The van der Waals surface area contributed by atoms with Crippen molar-refractivity contribution in [1.82, 2.24) is 15.0 Å². The second kappa shape index (κ2) is 6.48. The molecule has 136 valence electrons. The van der Waals surface area contributed by atoms with Gasteiger partial charge in [0.2, 0.25) is 0 Å². The largest absolute Gasteiger partial charge is 0.441 e. The van der Waals surface area contributed by atoms with E-state index in [9.17, 15) is 9.59 Å². The molecular weight excluding hydrogens is 334 g/mol. The fourth-order valence-corrected chi connectivity index (χ4v) is 3.79. The van der Waals surface area contributed by atoms with E-state index in [-0.39, 0.29) is 12.0 Å². The number of ether oxygens (including phenoxy) is 1. The average molecular weight is 355 g/mol. The van der Waals surface area contributed by atoms with Gasteiger partial charge in [-0.05, 0) is 12.8 Å². The lowest BCUT2D eigenvalue weighted by molar-refractivity contribution is 0.0438. The van der Waals surface area contributed by atoms with E-state index in [1.165, 1.54) is 6.26 Å². The second-order valence-corrected chi connectivity index (χ2v) is 7.00. The molecule has 1 aromatic carbocycles. The minimum absolute atomic E-state index is 0.0974. The van der Waals surface area contributed by atoms with Crippen molar-refractivity contribution in [2.75, 3.05) is 26.7 Å². The summed E-state index contributed by atoms with van der Waals surface area (Å²) in [6, 6.07) is 9.52. The van der Waals surface area contributed by atoms with Gasteiger partial charge in [0, 0.05) is 32.1 Å². The number of likely N-dealkylation sites (tertiary alicyclic amines) is 1. The molecule has 1 spiro atoms. The summed E-state index contributed by atoms with van der Waals surface area (Å²) in [6.07, 6.45) is 3.33. The Hall–Kier alpha value is -2.83. The summed E-state index contributed by atoms with van der Waals surface area (Å²) in [5.74, 6) is -0.0974. The first kappa shape index (κ1) is 16.6. The number of carbonyl (C=O) groups excluding carboxylic acids is 2. The Morgan fingerprint density at radius 1 is 1.19 bits per heavy atom. The van der Waals surface area contributed by atoms with Gasteiger partial charge in [0.15, 0.2) is 0 Å². The van der Waals surface area contributed by atoms with Gasteiger partial charge in [-0.3, -0.25) is 4.79 Å². The standard InChI is InChI=1S/C19H21N3O4/c1-21-13-19(26-18(21)24)8-5-10-22(11-9-19)17(23)15-12-25-20-16(15)14-6-3-2-4-7-14/h2-4,6-7,12H,5,8-11,13H2,1H3/t19-/m0/s1. The zero-order chi connectivity index (χ0) is 18.1. The molecule has 2 amide bonds. The average Bonchev–Trinajstić information content (AvgIpc) is 3.17. The van der Waals surface area contributed by atoms with Crippen LogP contribution in [0.1, 0.15) is 29.6 Å². The Labute approximate surface area is 151 Å². The molecule has 1 aromatic heterocycles. The van der Waals surface area contributed by atoms with Crippen molar-refractivity contribution in [3.63, 3.8) is 0 Å². The van der Waals surface area contributed by atoms with Crippen LogP contribution in [0.25, 0.3) is 11.3 Å². The van der Waals surface area contributed by atoms with Gasteiger partial charge >= 0.3 is 6.09 Å². The monoisotopic (exact) mass is 355 g/mol. The van der Waals surface area contributed by atoms with Crippen LogP contribution in [-0.2, 0) is 4.74 Å². The Morgan fingerprint density at radius 2 is 2.00 bits per heavy atom. The molecule has 0 bridgehead atoms. The summed E-state index contributed by atoms with van der Waals surface area (Å²) in [4.78, 5) is 28.2. The predicted molar refractivity (Wildman–Crippen MR) is 93.5 cm³/mol. The third-order valence-corrected chi connectivity index (χ3v) is 5.17. The Balaban J connectivity index is 1.52. The summed E-state index contributed by atoms with van der Waals surface area (Å²) >= 11 is 0. The molecule has 2 aliphatic heterocycles. The molecule has 4 rings (SSSR count). The van der Waals surface area contributed by atoms with E-state index in [4.69, 9.17) is 9.26 Å². The molecule has 0 aliphatic carbocycles. The summed E-state index contributed by atoms with van der Waals surface area (Å²) in [7, 11) is 1.74. The van der Waals surface area contributed by atoms with Crippen LogP contribution in [-0.4, -0.2) is 59.2 Å². The van der Waals surface area contributed by atoms with Crippen molar-refractivity contribution in [2.45, 2.75) is 24.9 Å². The van der Waals surface area contributed by atoms with Crippen molar-refractivity contribution in [3.8, 4) is 11.3 Å². The van der Waals surface area contributed by atoms with Crippen molar-refractivity contribution in [2.24, 2.45) is 0 Å². The number of likely N-dealkylation sites (N-methyl/N-ethyl adjacent to an activating group) is 1. The molecule has 2 fully saturated rings. The van der Waals surface area contributed by atoms with Crippen LogP contribution < -0.4 is 0 Å². The summed E-state index contributed by atoms with van der Waals surface area (Å²) in [6.45, 7) is 1.75. The highest BCUT2D eigenvalue weighted by Crippen LogP contribution is 2.33. The first-order valence-corrected chi connectivity index (χ1v) is 8.81. The summed E-state index contributed by atoms with van der Waals surface area (Å²) in [5.41, 5.74) is 1.40. The number of amides is 2. The normalized spacial score (nSPS) is 23.2. The number of carbonyl (C=O) groups is 2. The molecule has 2 aromatic rings. The fourth-order valence-electron chi connectivity index (χ4n) is 3.79. The summed E-state index contributed by atoms with van der Waals surface area (Å²) in [5, 5.41) is 4.02. The maximum atomic E-state index is 13.0. The van der Waals surface area contributed by atoms with Crippen LogP contribution in [0, 0.1) is 0 Å². The van der Waals surface area contributed by atoms with E-state index < -0.39 is 5.60 Å². The third-order valence-electron chi connectivity index (χ3n) is 5.17. The van der Waals surface area contributed by atoms with E-state index >= 15 is 0 Å². The maximum absolute atomic E-state index is 13.0. The topological polar surface area (TPSA) is 75.9 Å². The highest BCUT2D eigenvalue weighted by molar-refractivity contribution is 5.99. The summed E-state index contributed by atoms with van der Waals surface area (Å²) < 4.78 is 10.7. The van der Waals surface area contributed by atoms with Gasteiger partial charge < -0.3 is 19.1 Å². The first-order chi connectivity index (χ1) is 12.6. The Kier molecular flexibility index (Phi) is 4.14. The van der Waals surface area contributed by atoms with E-state index in [0.29, 0.717) is 37.3 Å². The van der Waals surface area contributed by atoms with Gasteiger partial charge in [-0.1, -0.05) is 35.5 Å². The number of hydrogen-bond donors (Lipinski definition) is 0. The van der Waals surface area contributed by atoms with Crippen molar-refractivity contribution in [1.29, 1.82) is 0 Å². The molecule has 2 saturated heterocycles. The van der Waals surface area contributed by atoms with Crippen molar-refractivity contribution < 1.29 is 18.8 Å². The van der Waals surface area contributed by atoms with E-state index in [1.807, 2.05) is 30.3 Å². The Bertz CT molecular complexity index is 819. The van der Waals surface area contributed by atoms with Crippen LogP contribution in [0.15, 0.2) is 41.1 Å². The smallest absolute Gasteiger partial charge is 0.410 e. The van der Waals surface area contributed by atoms with Crippen LogP contribution in [0.5, 0.6) is 0 Å². The minimum Gasteiger partial charge on any atom is -0.441 e. The van der Waals surface area contributed by atoms with Crippen LogP contribution in [0.3, 0.4) is 0 Å². The van der Waals surface area contributed by atoms with Crippen LogP contribution in [0.2, 0.25) is 0 Å².